The van der Waals surface area contributed by atoms with Crippen LogP contribution in [0.2, 0.25) is 0 Å². The van der Waals surface area contributed by atoms with Gasteiger partial charge in [0, 0.05) is 29.9 Å². The number of nitrogens with one attached hydrogen (secondary N) is 1. The Morgan fingerprint density at radius 2 is 1.86 bits per heavy atom. The molecule has 0 bridgehead atoms. The van der Waals surface area contributed by atoms with Crippen LogP contribution in [0.4, 0.5) is 11.4 Å². The number of hydrogen-bond acceptors (Lipinski definition) is 4. The first kappa shape index (κ1) is 19.6. The number of Topliss-reactive ketones (excluding diaryl/α,β-unsaturated/α-hetero) is 1. The van der Waals surface area contributed by atoms with Crippen molar-refractivity contribution in [3.05, 3.63) is 54.1 Å². The maximum absolute atomic E-state index is 12.6. The summed E-state index contributed by atoms with van der Waals surface area (Å²) in [7, 11) is 0. The Bertz CT molecular complexity index is 890. The molecule has 1 heterocycles. The fourth-order valence-corrected chi connectivity index (χ4v) is 3.17. The number of anilines is 2. The van der Waals surface area contributed by atoms with Gasteiger partial charge >= 0.3 is 0 Å². The fraction of sp³-hybridized carbons (Fsp3) is 0.318. The molecule has 1 unspecified atom stereocenters. The van der Waals surface area contributed by atoms with Crippen LogP contribution in [0, 0.1) is 5.92 Å². The third-order valence-corrected chi connectivity index (χ3v) is 4.55. The van der Waals surface area contributed by atoms with E-state index < -0.39 is 5.92 Å². The van der Waals surface area contributed by atoms with Crippen LogP contribution in [0.25, 0.3) is 0 Å². The van der Waals surface area contributed by atoms with Crippen molar-refractivity contribution >= 4 is 29.0 Å². The first-order valence-corrected chi connectivity index (χ1v) is 9.32. The summed E-state index contributed by atoms with van der Waals surface area (Å²) >= 11 is 0. The highest BCUT2D eigenvalue weighted by molar-refractivity contribution is 6.04. The van der Waals surface area contributed by atoms with Gasteiger partial charge in [-0.2, -0.15) is 0 Å². The van der Waals surface area contributed by atoms with Crippen molar-refractivity contribution in [3.8, 4) is 5.75 Å². The summed E-state index contributed by atoms with van der Waals surface area (Å²) in [6.45, 7) is 5.70. The van der Waals surface area contributed by atoms with Crippen molar-refractivity contribution in [2.75, 3.05) is 16.8 Å². The quantitative estimate of drug-likeness (QED) is 0.776. The highest BCUT2D eigenvalue weighted by Gasteiger charge is 2.35. The molecule has 0 spiro atoms. The number of carbonyl (C=O) groups excluding carboxylic acids is 3. The largest absolute Gasteiger partial charge is 0.491 e. The van der Waals surface area contributed by atoms with Gasteiger partial charge in [0.05, 0.1) is 12.0 Å². The standard InChI is InChI=1S/C22H24N2O4/c1-14(2)28-20-9-7-19(8-10-20)24-13-17(12-21(24)26)22(27)23-18-6-4-5-16(11-18)15(3)25/h4-11,14,17H,12-13H2,1-3H3,(H,23,27). The first-order chi connectivity index (χ1) is 13.3. The van der Waals surface area contributed by atoms with Crippen LogP contribution in [0.15, 0.2) is 48.5 Å². The average Bonchev–Trinajstić information content (AvgIpc) is 3.04. The third kappa shape index (κ3) is 4.57. The summed E-state index contributed by atoms with van der Waals surface area (Å²) in [5.41, 5.74) is 1.83. The van der Waals surface area contributed by atoms with Crippen molar-refractivity contribution in [1.82, 2.24) is 0 Å². The van der Waals surface area contributed by atoms with Gasteiger partial charge in [-0.25, -0.2) is 0 Å². The average molecular weight is 380 g/mol. The number of hydrogen-bond donors (Lipinski definition) is 1. The molecular formula is C22H24N2O4. The molecule has 0 radical (unpaired) electrons. The Hall–Kier alpha value is -3.15. The molecule has 0 aromatic heterocycles. The number of ketones is 1. The number of nitrogens with zero attached hydrogens (tertiary/aromatic N) is 1. The molecule has 2 aromatic carbocycles. The van der Waals surface area contributed by atoms with E-state index in [-0.39, 0.29) is 30.1 Å². The topological polar surface area (TPSA) is 75.7 Å². The van der Waals surface area contributed by atoms with Gasteiger partial charge in [-0.05, 0) is 57.2 Å². The molecule has 0 aliphatic carbocycles. The molecule has 28 heavy (non-hydrogen) atoms. The lowest BCUT2D eigenvalue weighted by Crippen LogP contribution is -2.28. The van der Waals surface area contributed by atoms with Gasteiger partial charge in [-0.3, -0.25) is 14.4 Å². The minimum atomic E-state index is -0.444. The molecule has 1 aliphatic rings. The van der Waals surface area contributed by atoms with Crippen molar-refractivity contribution in [1.29, 1.82) is 0 Å². The zero-order valence-corrected chi connectivity index (χ0v) is 16.3. The first-order valence-electron chi connectivity index (χ1n) is 9.32. The minimum absolute atomic E-state index is 0.0665. The zero-order valence-electron chi connectivity index (χ0n) is 16.3. The molecule has 1 atom stereocenters. The summed E-state index contributed by atoms with van der Waals surface area (Å²) in [5.74, 6) is -0.0835. The number of rotatable bonds is 6. The molecule has 2 amide bonds. The molecule has 6 heteroatoms. The van der Waals surface area contributed by atoms with Gasteiger partial charge in [0.25, 0.3) is 0 Å². The highest BCUT2D eigenvalue weighted by Crippen LogP contribution is 2.28. The SMILES string of the molecule is CC(=O)c1cccc(NC(=O)C2CC(=O)N(c3ccc(OC(C)C)cc3)C2)c1. The van der Waals surface area contributed by atoms with E-state index in [1.807, 2.05) is 38.1 Å². The van der Waals surface area contributed by atoms with Gasteiger partial charge in [0.2, 0.25) is 11.8 Å². The number of benzene rings is 2. The number of ether oxygens (including phenoxy) is 1. The van der Waals surface area contributed by atoms with Gasteiger partial charge in [-0.15, -0.1) is 0 Å². The molecule has 1 saturated heterocycles. The van der Waals surface area contributed by atoms with E-state index in [9.17, 15) is 14.4 Å². The van der Waals surface area contributed by atoms with Crippen LogP contribution < -0.4 is 15.0 Å². The molecule has 2 aromatic rings. The zero-order chi connectivity index (χ0) is 20.3. The van der Waals surface area contributed by atoms with Gasteiger partial charge < -0.3 is 15.0 Å². The van der Waals surface area contributed by atoms with E-state index in [1.165, 1.54) is 6.92 Å². The Kier molecular flexibility index (Phi) is 5.78. The van der Waals surface area contributed by atoms with Crippen LogP contribution in [0.5, 0.6) is 5.75 Å². The summed E-state index contributed by atoms with van der Waals surface area (Å²) in [6.07, 6.45) is 0.233. The van der Waals surface area contributed by atoms with E-state index in [0.717, 1.165) is 11.4 Å². The van der Waals surface area contributed by atoms with Crippen LogP contribution in [-0.4, -0.2) is 30.2 Å². The summed E-state index contributed by atoms with van der Waals surface area (Å²) < 4.78 is 5.62. The minimum Gasteiger partial charge on any atom is -0.491 e. The summed E-state index contributed by atoms with van der Waals surface area (Å²) in [6, 6.07) is 14.1. The van der Waals surface area contributed by atoms with Gasteiger partial charge in [0.15, 0.2) is 5.78 Å². The van der Waals surface area contributed by atoms with E-state index in [1.54, 1.807) is 29.2 Å². The van der Waals surface area contributed by atoms with E-state index in [2.05, 4.69) is 5.32 Å². The summed E-state index contributed by atoms with van der Waals surface area (Å²) in [4.78, 5) is 38.1. The van der Waals surface area contributed by atoms with Crippen molar-refractivity contribution in [3.63, 3.8) is 0 Å². The molecule has 6 nitrogen and oxygen atoms in total. The lowest BCUT2D eigenvalue weighted by Gasteiger charge is -2.18. The van der Waals surface area contributed by atoms with Crippen LogP contribution in [0.3, 0.4) is 0 Å². The van der Waals surface area contributed by atoms with Crippen molar-refractivity contribution in [2.24, 2.45) is 5.92 Å². The highest BCUT2D eigenvalue weighted by atomic mass is 16.5. The van der Waals surface area contributed by atoms with Crippen LogP contribution in [0.1, 0.15) is 37.6 Å². The third-order valence-electron chi connectivity index (χ3n) is 4.55. The molecule has 1 N–H and O–H groups in total. The lowest BCUT2D eigenvalue weighted by molar-refractivity contribution is -0.122. The fourth-order valence-electron chi connectivity index (χ4n) is 3.17. The number of carbonyl (C=O) groups is 3. The van der Waals surface area contributed by atoms with Crippen molar-refractivity contribution < 1.29 is 19.1 Å². The Labute approximate surface area is 164 Å². The van der Waals surface area contributed by atoms with Crippen molar-refractivity contribution in [2.45, 2.75) is 33.3 Å². The second kappa shape index (κ2) is 8.25. The maximum Gasteiger partial charge on any atom is 0.229 e. The lowest BCUT2D eigenvalue weighted by atomic mass is 10.1. The predicted octanol–water partition coefficient (Wildman–Crippen LogP) is 3.67. The maximum atomic E-state index is 12.6. The van der Waals surface area contributed by atoms with Gasteiger partial charge in [-0.1, -0.05) is 12.1 Å². The molecule has 1 aliphatic heterocycles. The van der Waals surface area contributed by atoms with Gasteiger partial charge in [0.1, 0.15) is 5.75 Å². The second-order valence-corrected chi connectivity index (χ2v) is 7.19. The Morgan fingerprint density at radius 1 is 1.14 bits per heavy atom. The Morgan fingerprint density at radius 3 is 2.50 bits per heavy atom. The molecular weight excluding hydrogens is 356 g/mol. The molecule has 1 fully saturated rings. The summed E-state index contributed by atoms with van der Waals surface area (Å²) in [5, 5.41) is 2.81. The Balaban J connectivity index is 1.66. The second-order valence-electron chi connectivity index (χ2n) is 7.19. The molecule has 3 rings (SSSR count). The predicted molar refractivity (Wildman–Crippen MR) is 108 cm³/mol. The smallest absolute Gasteiger partial charge is 0.229 e. The molecule has 146 valence electrons. The van der Waals surface area contributed by atoms with E-state index >= 15 is 0 Å². The van der Waals surface area contributed by atoms with E-state index in [4.69, 9.17) is 4.74 Å². The molecule has 0 saturated carbocycles. The number of amides is 2. The van der Waals surface area contributed by atoms with Crippen LogP contribution >= 0.6 is 0 Å². The van der Waals surface area contributed by atoms with E-state index in [0.29, 0.717) is 17.8 Å². The normalized spacial score (nSPS) is 16.4. The monoisotopic (exact) mass is 380 g/mol. The van der Waals surface area contributed by atoms with Crippen LogP contribution in [-0.2, 0) is 9.59 Å².